The lowest BCUT2D eigenvalue weighted by atomic mass is 10.1. The van der Waals surface area contributed by atoms with E-state index in [4.69, 9.17) is 10.9 Å². The Morgan fingerprint density at radius 3 is 2.56 bits per heavy atom. The van der Waals surface area contributed by atoms with Gasteiger partial charge in [-0.15, -0.1) is 0 Å². The molecule has 4 nitrogen and oxygen atoms in total. The van der Waals surface area contributed by atoms with E-state index in [1.807, 2.05) is 19.1 Å². The van der Waals surface area contributed by atoms with Gasteiger partial charge in [0.2, 0.25) is 0 Å². The quantitative estimate of drug-likeness (QED) is 0.367. The Balaban J connectivity index is 2.59. The first-order chi connectivity index (χ1) is 8.56. The average molecular weight is 314 g/mol. The summed E-state index contributed by atoms with van der Waals surface area (Å²) in [6, 6.07) is 8.27. The van der Waals surface area contributed by atoms with Gasteiger partial charge in [-0.2, -0.15) is 0 Å². The fraction of sp³-hybridized carbons (Fsp3) is 0.462. The molecule has 3 N–H and O–H groups in total. The summed E-state index contributed by atoms with van der Waals surface area (Å²) in [5.74, 6) is 0.328. The Hall–Kier alpha value is -1.07. The molecule has 0 radical (unpaired) electrons. The summed E-state index contributed by atoms with van der Waals surface area (Å²) in [5, 5.41) is 11.7. The molecule has 0 aliphatic carbocycles. The van der Waals surface area contributed by atoms with Gasteiger partial charge in [0, 0.05) is 23.5 Å². The molecule has 5 heteroatoms. The lowest BCUT2D eigenvalue weighted by molar-refractivity contribution is 0.257. The van der Waals surface area contributed by atoms with Crippen LogP contribution < -0.4 is 5.73 Å². The molecule has 0 saturated carbocycles. The predicted octanol–water partition coefficient (Wildman–Crippen LogP) is 2.65. The van der Waals surface area contributed by atoms with Crippen LogP contribution in [0.1, 0.15) is 19.4 Å². The molecule has 0 bridgehead atoms. The first-order valence-corrected chi connectivity index (χ1v) is 6.80. The lowest BCUT2D eigenvalue weighted by Crippen LogP contribution is -2.34. The highest BCUT2D eigenvalue weighted by atomic mass is 79.9. The van der Waals surface area contributed by atoms with Crippen LogP contribution in [-0.2, 0) is 6.54 Å². The van der Waals surface area contributed by atoms with Gasteiger partial charge < -0.3 is 10.9 Å². The van der Waals surface area contributed by atoms with E-state index in [1.54, 1.807) is 0 Å². The Kier molecular flexibility index (Phi) is 6.15. The van der Waals surface area contributed by atoms with E-state index in [0.29, 0.717) is 0 Å². The number of nitrogens with two attached hydrogens (primary N) is 1. The van der Waals surface area contributed by atoms with Gasteiger partial charge in [-0.05, 0) is 24.2 Å². The highest BCUT2D eigenvalue weighted by Gasteiger charge is 2.12. The minimum Gasteiger partial charge on any atom is -0.409 e. The van der Waals surface area contributed by atoms with Crippen molar-refractivity contribution in [1.29, 1.82) is 0 Å². The molecule has 0 aromatic heterocycles. The highest BCUT2D eigenvalue weighted by Crippen LogP contribution is 2.13. The van der Waals surface area contributed by atoms with Gasteiger partial charge in [-0.3, -0.25) is 4.90 Å². The van der Waals surface area contributed by atoms with E-state index in [1.165, 1.54) is 5.56 Å². The van der Waals surface area contributed by atoms with Crippen molar-refractivity contribution in [2.24, 2.45) is 16.8 Å². The third-order valence-corrected chi connectivity index (χ3v) is 3.45. The summed E-state index contributed by atoms with van der Waals surface area (Å²) in [6.45, 7) is 6.64. The summed E-state index contributed by atoms with van der Waals surface area (Å²) in [6.07, 6.45) is 0. The zero-order valence-electron chi connectivity index (χ0n) is 10.8. The number of rotatable bonds is 6. The molecule has 0 spiro atoms. The van der Waals surface area contributed by atoms with Crippen LogP contribution in [0.2, 0.25) is 0 Å². The normalized spacial score (nSPS) is 13.9. The van der Waals surface area contributed by atoms with Crippen molar-refractivity contribution >= 4 is 21.8 Å². The molecule has 18 heavy (non-hydrogen) atoms. The van der Waals surface area contributed by atoms with Crippen LogP contribution in [0.5, 0.6) is 0 Å². The minimum absolute atomic E-state index is 0.0467. The molecule has 0 aliphatic heterocycles. The monoisotopic (exact) mass is 313 g/mol. The fourth-order valence-electron chi connectivity index (χ4n) is 1.73. The van der Waals surface area contributed by atoms with Crippen molar-refractivity contribution in [1.82, 2.24) is 4.90 Å². The van der Waals surface area contributed by atoms with E-state index < -0.39 is 0 Å². The second-order valence-electron chi connectivity index (χ2n) is 4.38. The van der Waals surface area contributed by atoms with Crippen molar-refractivity contribution < 1.29 is 5.21 Å². The highest BCUT2D eigenvalue weighted by molar-refractivity contribution is 9.10. The minimum atomic E-state index is 0.0467. The van der Waals surface area contributed by atoms with Crippen LogP contribution in [0.3, 0.4) is 0 Å². The fourth-order valence-corrected chi connectivity index (χ4v) is 2.00. The van der Waals surface area contributed by atoms with Gasteiger partial charge in [0.1, 0.15) is 5.84 Å². The van der Waals surface area contributed by atoms with Gasteiger partial charge in [0.05, 0.1) is 0 Å². The second kappa shape index (κ2) is 7.38. The van der Waals surface area contributed by atoms with E-state index in [9.17, 15) is 0 Å². The Morgan fingerprint density at radius 1 is 1.44 bits per heavy atom. The van der Waals surface area contributed by atoms with Crippen LogP contribution in [0.15, 0.2) is 33.9 Å². The van der Waals surface area contributed by atoms with Crippen molar-refractivity contribution in [2.45, 2.75) is 20.4 Å². The zero-order valence-corrected chi connectivity index (χ0v) is 12.4. The van der Waals surface area contributed by atoms with Crippen molar-refractivity contribution in [3.63, 3.8) is 0 Å². The maximum absolute atomic E-state index is 8.65. The Morgan fingerprint density at radius 2 is 2.06 bits per heavy atom. The molecular formula is C13H20BrN3O. The first-order valence-electron chi connectivity index (χ1n) is 6.01. The maximum atomic E-state index is 8.65. The molecule has 0 amide bonds. The van der Waals surface area contributed by atoms with Gasteiger partial charge >= 0.3 is 0 Å². The third-order valence-electron chi connectivity index (χ3n) is 2.92. The van der Waals surface area contributed by atoms with Crippen LogP contribution >= 0.6 is 15.9 Å². The molecule has 0 heterocycles. The van der Waals surface area contributed by atoms with Crippen LogP contribution in [0.4, 0.5) is 0 Å². The van der Waals surface area contributed by atoms with Gasteiger partial charge in [-0.25, -0.2) is 0 Å². The molecule has 1 rings (SSSR count). The molecule has 0 aliphatic rings. The molecule has 1 unspecified atom stereocenters. The summed E-state index contributed by atoms with van der Waals surface area (Å²) < 4.78 is 1.08. The smallest absolute Gasteiger partial charge is 0.143 e. The number of nitrogens with zero attached hydrogens (tertiary/aromatic N) is 2. The van der Waals surface area contributed by atoms with Crippen LogP contribution in [0, 0.1) is 5.92 Å². The average Bonchev–Trinajstić information content (AvgIpc) is 2.39. The van der Waals surface area contributed by atoms with Crippen molar-refractivity contribution in [3.05, 3.63) is 34.3 Å². The lowest BCUT2D eigenvalue weighted by Gasteiger charge is -2.23. The topological polar surface area (TPSA) is 61.8 Å². The summed E-state index contributed by atoms with van der Waals surface area (Å²) in [7, 11) is 0. The SMILES string of the molecule is CCN(Cc1ccc(Br)cc1)CC(C)C(N)=NO. The number of amidine groups is 1. The van der Waals surface area contributed by atoms with Gasteiger partial charge in [-0.1, -0.05) is 47.1 Å². The van der Waals surface area contributed by atoms with Gasteiger partial charge in [0.15, 0.2) is 0 Å². The van der Waals surface area contributed by atoms with Crippen molar-refractivity contribution in [3.8, 4) is 0 Å². The van der Waals surface area contributed by atoms with Crippen LogP contribution in [-0.4, -0.2) is 29.0 Å². The van der Waals surface area contributed by atoms with E-state index in [-0.39, 0.29) is 11.8 Å². The molecule has 0 fully saturated rings. The van der Waals surface area contributed by atoms with Crippen molar-refractivity contribution in [2.75, 3.05) is 13.1 Å². The first kappa shape index (κ1) is 15.0. The number of oxime groups is 1. The number of benzene rings is 1. The maximum Gasteiger partial charge on any atom is 0.143 e. The van der Waals surface area contributed by atoms with E-state index in [2.05, 4.69) is 45.0 Å². The third kappa shape index (κ3) is 4.66. The van der Waals surface area contributed by atoms with Gasteiger partial charge in [0.25, 0.3) is 0 Å². The molecule has 1 aromatic carbocycles. The summed E-state index contributed by atoms with van der Waals surface area (Å²) in [4.78, 5) is 2.27. The molecular weight excluding hydrogens is 294 g/mol. The zero-order chi connectivity index (χ0) is 13.5. The summed E-state index contributed by atoms with van der Waals surface area (Å²) in [5.41, 5.74) is 6.86. The number of hydrogen-bond donors (Lipinski definition) is 2. The largest absolute Gasteiger partial charge is 0.409 e. The standard InChI is InChI=1S/C13H20BrN3O/c1-3-17(8-10(2)13(15)16-18)9-11-4-6-12(14)7-5-11/h4-7,10,18H,3,8-9H2,1-2H3,(H2,15,16). The predicted molar refractivity (Wildman–Crippen MR) is 77.7 cm³/mol. The molecule has 0 saturated heterocycles. The number of halogens is 1. The van der Waals surface area contributed by atoms with Crippen LogP contribution in [0.25, 0.3) is 0 Å². The Bertz CT molecular complexity index is 392. The Labute approximate surface area is 117 Å². The molecule has 1 aromatic rings. The summed E-state index contributed by atoms with van der Waals surface area (Å²) >= 11 is 3.42. The molecule has 1 atom stereocenters. The van der Waals surface area contributed by atoms with E-state index >= 15 is 0 Å². The number of hydrogen-bond acceptors (Lipinski definition) is 3. The molecule has 100 valence electrons. The second-order valence-corrected chi connectivity index (χ2v) is 5.30. The van der Waals surface area contributed by atoms with E-state index in [0.717, 1.165) is 24.1 Å².